The molecule has 1 atom stereocenters. The predicted molar refractivity (Wildman–Crippen MR) is 106 cm³/mol. The summed E-state index contributed by atoms with van der Waals surface area (Å²) in [5.41, 5.74) is 0.0554. The number of hydrogen-bond donors (Lipinski definition) is 1. The molecule has 1 aliphatic rings. The number of carbonyl (C=O) groups is 1. The number of hydrogen-bond acceptors (Lipinski definition) is 4. The molecule has 3 rings (SSSR count). The lowest BCUT2D eigenvalue weighted by Crippen LogP contribution is -2.44. The van der Waals surface area contributed by atoms with Crippen molar-refractivity contribution in [2.24, 2.45) is 5.92 Å². The van der Waals surface area contributed by atoms with E-state index in [-0.39, 0.29) is 24.9 Å². The van der Waals surface area contributed by atoms with Gasteiger partial charge in [-0.05, 0) is 31.5 Å². The fourth-order valence-corrected chi connectivity index (χ4v) is 3.35. The molecule has 1 aliphatic heterocycles. The van der Waals surface area contributed by atoms with Crippen LogP contribution in [0.1, 0.15) is 12.0 Å². The third-order valence-electron chi connectivity index (χ3n) is 4.76. The number of nitrogens with zero attached hydrogens (tertiary/aromatic N) is 3. The molecule has 0 radical (unpaired) electrons. The number of aromatic nitrogens is 2. The lowest BCUT2D eigenvalue weighted by atomic mass is 10.1. The Kier molecular flexibility index (Phi) is 7.38. The van der Waals surface area contributed by atoms with E-state index in [2.05, 4.69) is 5.32 Å². The molecule has 7 nitrogen and oxygen atoms in total. The standard InChI is InChI=1S/C19H24N4O3.ClH/c1-20-11-16-7-9-21(13-16)18(25)14-23-17(24)8-10-22(19(23)26)12-15-5-3-2-4-6-15;/h2-6,8,10,16,20H,7,9,11-14H2,1H3;1H. The van der Waals surface area contributed by atoms with Crippen molar-refractivity contribution < 1.29 is 4.79 Å². The molecule has 2 heterocycles. The van der Waals surface area contributed by atoms with E-state index in [1.54, 1.807) is 4.90 Å². The maximum absolute atomic E-state index is 12.7. The lowest BCUT2D eigenvalue weighted by Gasteiger charge is -2.17. The quantitative estimate of drug-likeness (QED) is 0.778. The summed E-state index contributed by atoms with van der Waals surface area (Å²) < 4.78 is 2.48. The Morgan fingerprint density at radius 2 is 1.93 bits per heavy atom. The zero-order valence-electron chi connectivity index (χ0n) is 15.3. The van der Waals surface area contributed by atoms with E-state index in [1.165, 1.54) is 16.8 Å². The first-order valence-corrected chi connectivity index (χ1v) is 8.85. The number of benzene rings is 1. The highest BCUT2D eigenvalue weighted by Crippen LogP contribution is 2.15. The number of likely N-dealkylation sites (tertiary alicyclic amines) is 1. The van der Waals surface area contributed by atoms with Crippen LogP contribution in [0.5, 0.6) is 0 Å². The lowest BCUT2D eigenvalue weighted by molar-refractivity contribution is -0.131. The molecule has 27 heavy (non-hydrogen) atoms. The van der Waals surface area contributed by atoms with Crippen molar-refractivity contribution in [3.8, 4) is 0 Å². The van der Waals surface area contributed by atoms with Crippen molar-refractivity contribution in [3.63, 3.8) is 0 Å². The van der Waals surface area contributed by atoms with Gasteiger partial charge in [-0.2, -0.15) is 0 Å². The van der Waals surface area contributed by atoms with Crippen LogP contribution < -0.4 is 16.6 Å². The van der Waals surface area contributed by atoms with E-state index in [0.717, 1.165) is 23.1 Å². The van der Waals surface area contributed by atoms with E-state index in [0.29, 0.717) is 25.6 Å². The van der Waals surface area contributed by atoms with Gasteiger partial charge in [-0.3, -0.25) is 18.7 Å². The minimum Gasteiger partial charge on any atom is -0.341 e. The predicted octanol–water partition coefficient (Wildman–Crippen LogP) is 0.548. The zero-order chi connectivity index (χ0) is 18.5. The second-order valence-electron chi connectivity index (χ2n) is 6.69. The molecule has 2 aromatic rings. The maximum Gasteiger partial charge on any atom is 0.331 e. The van der Waals surface area contributed by atoms with Crippen molar-refractivity contribution in [2.45, 2.75) is 19.5 Å². The maximum atomic E-state index is 12.7. The van der Waals surface area contributed by atoms with Gasteiger partial charge in [0.2, 0.25) is 5.91 Å². The molecule has 1 unspecified atom stereocenters. The van der Waals surface area contributed by atoms with Crippen LogP contribution in [-0.4, -0.2) is 46.6 Å². The second-order valence-corrected chi connectivity index (χ2v) is 6.69. The summed E-state index contributed by atoms with van der Waals surface area (Å²) in [7, 11) is 1.89. The first kappa shape index (κ1) is 20.9. The highest BCUT2D eigenvalue weighted by atomic mass is 35.5. The molecule has 0 bridgehead atoms. The third kappa shape index (κ3) is 5.08. The minimum atomic E-state index is -0.458. The van der Waals surface area contributed by atoms with Gasteiger partial charge >= 0.3 is 5.69 Å². The van der Waals surface area contributed by atoms with E-state index in [4.69, 9.17) is 0 Å². The van der Waals surface area contributed by atoms with Gasteiger partial charge in [-0.1, -0.05) is 30.3 Å². The average molecular weight is 393 g/mol. The molecular weight excluding hydrogens is 368 g/mol. The van der Waals surface area contributed by atoms with Crippen LogP contribution in [0.15, 0.2) is 52.2 Å². The minimum absolute atomic E-state index is 0. The normalized spacial score (nSPS) is 16.2. The highest BCUT2D eigenvalue weighted by Gasteiger charge is 2.26. The third-order valence-corrected chi connectivity index (χ3v) is 4.76. The van der Waals surface area contributed by atoms with Gasteiger partial charge in [0.15, 0.2) is 0 Å². The SMILES string of the molecule is CNCC1CCN(C(=O)Cn2c(=O)ccn(Cc3ccccc3)c2=O)C1.Cl. The van der Waals surface area contributed by atoms with Crippen LogP contribution in [0.25, 0.3) is 0 Å². The molecule has 8 heteroatoms. The molecule has 146 valence electrons. The Bertz CT molecular complexity index is 879. The highest BCUT2D eigenvalue weighted by molar-refractivity contribution is 5.85. The number of amides is 1. The summed E-state index contributed by atoms with van der Waals surface area (Å²) in [6.07, 6.45) is 2.42. The van der Waals surface area contributed by atoms with E-state index in [9.17, 15) is 14.4 Å². The summed E-state index contributed by atoms with van der Waals surface area (Å²) >= 11 is 0. The Morgan fingerprint density at radius 3 is 2.63 bits per heavy atom. The summed E-state index contributed by atoms with van der Waals surface area (Å²) in [5.74, 6) is 0.242. The number of rotatable bonds is 6. The Hall–Kier alpha value is -2.38. The fourth-order valence-electron chi connectivity index (χ4n) is 3.35. The molecule has 1 amide bonds. The van der Waals surface area contributed by atoms with Crippen molar-refractivity contribution in [2.75, 3.05) is 26.7 Å². The summed E-state index contributed by atoms with van der Waals surface area (Å²) in [4.78, 5) is 39.1. The zero-order valence-corrected chi connectivity index (χ0v) is 16.2. The largest absolute Gasteiger partial charge is 0.341 e. The topological polar surface area (TPSA) is 76.3 Å². The number of carbonyl (C=O) groups excluding carboxylic acids is 1. The number of nitrogens with one attached hydrogen (secondary N) is 1. The molecule has 1 aromatic carbocycles. The fraction of sp³-hybridized carbons (Fsp3) is 0.421. The first-order chi connectivity index (χ1) is 12.6. The molecule has 0 spiro atoms. The molecule has 1 fully saturated rings. The Labute approximate surface area is 164 Å². The van der Waals surface area contributed by atoms with Crippen LogP contribution in [0.3, 0.4) is 0 Å². The van der Waals surface area contributed by atoms with Gasteiger partial charge in [0.05, 0.1) is 6.54 Å². The van der Waals surface area contributed by atoms with Crippen molar-refractivity contribution in [1.82, 2.24) is 19.4 Å². The van der Waals surface area contributed by atoms with Gasteiger partial charge in [-0.15, -0.1) is 12.4 Å². The molecule has 1 saturated heterocycles. The summed E-state index contributed by atoms with van der Waals surface area (Å²) in [6.45, 7) is 2.35. The summed E-state index contributed by atoms with van der Waals surface area (Å²) in [6, 6.07) is 10.9. The molecule has 0 aliphatic carbocycles. The van der Waals surface area contributed by atoms with Crippen LogP contribution in [0, 0.1) is 5.92 Å². The first-order valence-electron chi connectivity index (χ1n) is 8.85. The second kappa shape index (κ2) is 9.53. The van der Waals surface area contributed by atoms with Gasteiger partial charge in [-0.25, -0.2) is 4.79 Å². The number of halogens is 1. The smallest absolute Gasteiger partial charge is 0.331 e. The molecule has 1 N–H and O–H groups in total. The van der Waals surface area contributed by atoms with Crippen molar-refractivity contribution in [3.05, 3.63) is 69.0 Å². The molecule has 0 saturated carbocycles. The average Bonchev–Trinajstić information content (AvgIpc) is 3.11. The van der Waals surface area contributed by atoms with Crippen LogP contribution >= 0.6 is 12.4 Å². The van der Waals surface area contributed by atoms with Crippen molar-refractivity contribution in [1.29, 1.82) is 0 Å². The van der Waals surface area contributed by atoms with Crippen LogP contribution in [0.4, 0.5) is 0 Å². The van der Waals surface area contributed by atoms with Gasteiger partial charge in [0, 0.05) is 25.4 Å². The Balaban J connectivity index is 0.00000261. The van der Waals surface area contributed by atoms with Crippen LogP contribution in [-0.2, 0) is 17.9 Å². The van der Waals surface area contributed by atoms with E-state index in [1.807, 2.05) is 37.4 Å². The molecular formula is C19H25ClN4O3. The van der Waals surface area contributed by atoms with Crippen LogP contribution in [0.2, 0.25) is 0 Å². The monoisotopic (exact) mass is 392 g/mol. The van der Waals surface area contributed by atoms with Gasteiger partial charge in [0.1, 0.15) is 6.54 Å². The van der Waals surface area contributed by atoms with Gasteiger partial charge in [0.25, 0.3) is 5.56 Å². The van der Waals surface area contributed by atoms with Gasteiger partial charge < -0.3 is 10.2 Å². The van der Waals surface area contributed by atoms with E-state index < -0.39 is 11.2 Å². The van der Waals surface area contributed by atoms with E-state index >= 15 is 0 Å². The Morgan fingerprint density at radius 1 is 1.19 bits per heavy atom. The van der Waals surface area contributed by atoms with Crippen molar-refractivity contribution >= 4 is 18.3 Å². The molecule has 1 aromatic heterocycles. The summed E-state index contributed by atoms with van der Waals surface area (Å²) in [5, 5.41) is 3.12.